The van der Waals surface area contributed by atoms with Crippen LogP contribution >= 0.6 is 11.3 Å². The molecule has 3 aromatic rings. The summed E-state index contributed by atoms with van der Waals surface area (Å²) in [5.41, 5.74) is 7.15. The Hall–Kier alpha value is -1.86. The van der Waals surface area contributed by atoms with Crippen LogP contribution in [0, 0.1) is 0 Å². The molecule has 1 aromatic heterocycles. The molecule has 1 aliphatic rings. The second-order valence-electron chi connectivity index (χ2n) is 4.65. The van der Waals surface area contributed by atoms with Crippen molar-refractivity contribution in [1.29, 1.82) is 0 Å². The lowest BCUT2D eigenvalue weighted by Gasteiger charge is -2.07. The standard InChI is InChI=1S/C17H12S/c1-2-7-14-12(5-1)11-13-6-3-8-15(17(13)14)16-9-4-10-18-16/h1-10H,11H2. The van der Waals surface area contributed by atoms with Gasteiger partial charge >= 0.3 is 0 Å². The van der Waals surface area contributed by atoms with E-state index in [0.29, 0.717) is 0 Å². The lowest BCUT2D eigenvalue weighted by Crippen LogP contribution is -1.83. The molecular formula is C17H12S. The van der Waals surface area contributed by atoms with Crippen LogP contribution in [0.1, 0.15) is 11.1 Å². The van der Waals surface area contributed by atoms with Crippen molar-refractivity contribution < 1.29 is 0 Å². The molecule has 0 saturated carbocycles. The highest BCUT2D eigenvalue weighted by Crippen LogP contribution is 2.43. The number of hydrogen-bond acceptors (Lipinski definition) is 1. The Morgan fingerprint density at radius 2 is 1.56 bits per heavy atom. The fourth-order valence-electron chi connectivity index (χ4n) is 2.83. The maximum atomic E-state index is 2.26. The molecule has 2 aromatic carbocycles. The first-order valence-electron chi connectivity index (χ1n) is 6.17. The Bertz CT molecular complexity index is 708. The molecule has 1 heteroatoms. The topological polar surface area (TPSA) is 0 Å². The second-order valence-corrected chi connectivity index (χ2v) is 5.60. The predicted octanol–water partition coefficient (Wildman–Crippen LogP) is 4.99. The molecule has 1 aliphatic carbocycles. The lowest BCUT2D eigenvalue weighted by atomic mass is 9.98. The van der Waals surface area contributed by atoms with Crippen LogP contribution in [0.25, 0.3) is 21.6 Å². The minimum absolute atomic E-state index is 1.07. The van der Waals surface area contributed by atoms with E-state index in [1.807, 2.05) is 11.3 Å². The summed E-state index contributed by atoms with van der Waals surface area (Å²) in [4.78, 5) is 1.36. The first-order chi connectivity index (χ1) is 8.93. The predicted molar refractivity (Wildman–Crippen MR) is 78.0 cm³/mol. The average Bonchev–Trinajstić information content (AvgIpc) is 3.05. The summed E-state index contributed by atoms with van der Waals surface area (Å²) < 4.78 is 0. The Balaban J connectivity index is 2.03. The van der Waals surface area contributed by atoms with E-state index in [9.17, 15) is 0 Å². The van der Waals surface area contributed by atoms with Gasteiger partial charge in [-0.15, -0.1) is 11.3 Å². The molecule has 0 aliphatic heterocycles. The van der Waals surface area contributed by atoms with E-state index in [4.69, 9.17) is 0 Å². The minimum atomic E-state index is 1.07. The smallest absolute Gasteiger partial charge is 0.0349 e. The van der Waals surface area contributed by atoms with Gasteiger partial charge in [0.15, 0.2) is 0 Å². The minimum Gasteiger partial charge on any atom is -0.144 e. The van der Waals surface area contributed by atoms with Gasteiger partial charge in [-0.1, -0.05) is 48.5 Å². The highest BCUT2D eigenvalue weighted by Gasteiger charge is 2.21. The van der Waals surface area contributed by atoms with Gasteiger partial charge in [-0.05, 0) is 45.7 Å². The van der Waals surface area contributed by atoms with Crippen LogP contribution in [-0.4, -0.2) is 0 Å². The summed E-state index contributed by atoms with van der Waals surface area (Å²) in [6, 6.07) is 19.8. The van der Waals surface area contributed by atoms with E-state index in [1.54, 1.807) is 0 Å². The van der Waals surface area contributed by atoms with Crippen molar-refractivity contribution in [2.45, 2.75) is 6.42 Å². The van der Waals surface area contributed by atoms with E-state index in [-0.39, 0.29) is 0 Å². The van der Waals surface area contributed by atoms with Crippen LogP contribution in [0.3, 0.4) is 0 Å². The molecule has 0 N–H and O–H groups in total. The van der Waals surface area contributed by atoms with Crippen LogP contribution < -0.4 is 0 Å². The van der Waals surface area contributed by atoms with E-state index >= 15 is 0 Å². The van der Waals surface area contributed by atoms with Gasteiger partial charge in [0, 0.05) is 4.88 Å². The van der Waals surface area contributed by atoms with E-state index in [2.05, 4.69) is 60.0 Å². The van der Waals surface area contributed by atoms with Crippen molar-refractivity contribution in [2.75, 3.05) is 0 Å². The Labute approximate surface area is 111 Å². The molecule has 4 rings (SSSR count). The van der Waals surface area contributed by atoms with Crippen molar-refractivity contribution >= 4 is 11.3 Å². The maximum Gasteiger partial charge on any atom is 0.0349 e. The Kier molecular flexibility index (Phi) is 2.14. The summed E-state index contributed by atoms with van der Waals surface area (Å²) >= 11 is 1.82. The van der Waals surface area contributed by atoms with Crippen LogP contribution in [-0.2, 0) is 6.42 Å². The highest BCUT2D eigenvalue weighted by atomic mass is 32.1. The zero-order chi connectivity index (χ0) is 11.9. The fourth-order valence-corrected chi connectivity index (χ4v) is 3.58. The number of hydrogen-bond donors (Lipinski definition) is 0. The lowest BCUT2D eigenvalue weighted by molar-refractivity contribution is 1.26. The second kappa shape index (κ2) is 3.82. The molecule has 86 valence electrons. The first kappa shape index (κ1) is 10.1. The van der Waals surface area contributed by atoms with Gasteiger partial charge in [-0.2, -0.15) is 0 Å². The van der Waals surface area contributed by atoms with Gasteiger partial charge in [0.1, 0.15) is 0 Å². The molecule has 0 unspecified atom stereocenters. The maximum absolute atomic E-state index is 2.26. The van der Waals surface area contributed by atoms with Gasteiger partial charge in [0.05, 0.1) is 0 Å². The van der Waals surface area contributed by atoms with E-state index < -0.39 is 0 Å². The van der Waals surface area contributed by atoms with Gasteiger partial charge in [0.25, 0.3) is 0 Å². The molecule has 0 nitrogen and oxygen atoms in total. The van der Waals surface area contributed by atoms with Crippen molar-refractivity contribution in [3.8, 4) is 21.6 Å². The molecular weight excluding hydrogens is 236 g/mol. The van der Waals surface area contributed by atoms with Crippen LogP contribution in [0.5, 0.6) is 0 Å². The molecule has 0 saturated heterocycles. The van der Waals surface area contributed by atoms with Crippen molar-refractivity contribution in [3.05, 3.63) is 71.1 Å². The fraction of sp³-hybridized carbons (Fsp3) is 0.0588. The molecule has 0 bridgehead atoms. The first-order valence-corrected chi connectivity index (χ1v) is 7.05. The molecule has 0 spiro atoms. The third-order valence-corrected chi connectivity index (χ3v) is 4.51. The molecule has 18 heavy (non-hydrogen) atoms. The SMILES string of the molecule is c1csc(-c2cccc3c2-c2ccccc2C3)c1. The third-order valence-electron chi connectivity index (χ3n) is 3.60. The molecule has 0 amide bonds. The zero-order valence-corrected chi connectivity index (χ0v) is 10.7. The molecule has 1 heterocycles. The highest BCUT2D eigenvalue weighted by molar-refractivity contribution is 7.13. The van der Waals surface area contributed by atoms with E-state index in [1.165, 1.54) is 32.7 Å². The van der Waals surface area contributed by atoms with Crippen molar-refractivity contribution in [2.24, 2.45) is 0 Å². The Morgan fingerprint density at radius 1 is 0.722 bits per heavy atom. The number of fused-ring (bicyclic) bond motifs is 3. The van der Waals surface area contributed by atoms with Gasteiger partial charge < -0.3 is 0 Å². The van der Waals surface area contributed by atoms with Crippen LogP contribution in [0.15, 0.2) is 60.0 Å². The summed E-state index contributed by atoms with van der Waals surface area (Å²) in [6.45, 7) is 0. The zero-order valence-electron chi connectivity index (χ0n) is 9.89. The molecule has 0 fully saturated rings. The summed E-state index contributed by atoms with van der Waals surface area (Å²) in [6.07, 6.45) is 1.07. The third kappa shape index (κ3) is 1.37. The largest absolute Gasteiger partial charge is 0.144 e. The summed E-state index contributed by atoms with van der Waals surface area (Å²) in [5.74, 6) is 0. The summed E-state index contributed by atoms with van der Waals surface area (Å²) in [7, 11) is 0. The molecule has 0 radical (unpaired) electrons. The number of thiophene rings is 1. The number of rotatable bonds is 1. The molecule has 0 atom stereocenters. The van der Waals surface area contributed by atoms with E-state index in [0.717, 1.165) is 6.42 Å². The van der Waals surface area contributed by atoms with Crippen molar-refractivity contribution in [1.82, 2.24) is 0 Å². The van der Waals surface area contributed by atoms with Gasteiger partial charge in [-0.25, -0.2) is 0 Å². The van der Waals surface area contributed by atoms with Gasteiger partial charge in [0.2, 0.25) is 0 Å². The van der Waals surface area contributed by atoms with Gasteiger partial charge in [-0.3, -0.25) is 0 Å². The average molecular weight is 248 g/mol. The Morgan fingerprint density at radius 3 is 2.44 bits per heavy atom. The number of benzene rings is 2. The normalized spacial score (nSPS) is 12.2. The van der Waals surface area contributed by atoms with Crippen molar-refractivity contribution in [3.63, 3.8) is 0 Å². The quantitative estimate of drug-likeness (QED) is 0.445. The monoisotopic (exact) mass is 248 g/mol. The van der Waals surface area contributed by atoms with Crippen LogP contribution in [0.4, 0.5) is 0 Å². The van der Waals surface area contributed by atoms with Crippen LogP contribution in [0.2, 0.25) is 0 Å². The summed E-state index contributed by atoms with van der Waals surface area (Å²) in [5, 5.41) is 2.15.